The average Bonchev–Trinajstić information content (AvgIpc) is 2.41. The predicted octanol–water partition coefficient (Wildman–Crippen LogP) is 2.24. The van der Waals surface area contributed by atoms with Crippen LogP contribution in [0, 0.1) is 0 Å². The van der Waals surface area contributed by atoms with Crippen molar-refractivity contribution in [1.82, 2.24) is 15.2 Å². The molecule has 0 saturated carbocycles. The minimum atomic E-state index is 0.664. The van der Waals surface area contributed by atoms with Gasteiger partial charge in [0.2, 0.25) is 0 Å². The third-order valence-electron chi connectivity index (χ3n) is 3.19. The van der Waals surface area contributed by atoms with Gasteiger partial charge in [0, 0.05) is 38.1 Å². The second kappa shape index (κ2) is 9.36. The number of thioether (sulfide) groups is 1. The van der Waals surface area contributed by atoms with E-state index in [1.165, 1.54) is 17.7 Å². The molecule has 0 aromatic carbocycles. The van der Waals surface area contributed by atoms with Crippen LogP contribution in [-0.2, 0) is 6.54 Å². The summed E-state index contributed by atoms with van der Waals surface area (Å²) in [6.07, 6.45) is 7.16. The quantitative estimate of drug-likeness (QED) is 0.695. The van der Waals surface area contributed by atoms with Crippen molar-refractivity contribution in [1.29, 1.82) is 0 Å². The molecule has 0 bridgehead atoms. The van der Waals surface area contributed by atoms with Crippen molar-refractivity contribution in [3.8, 4) is 0 Å². The first-order chi connectivity index (χ1) is 8.74. The topological polar surface area (TPSA) is 28.2 Å². The van der Waals surface area contributed by atoms with E-state index < -0.39 is 0 Å². The summed E-state index contributed by atoms with van der Waals surface area (Å²) in [5.41, 5.74) is 1.25. The van der Waals surface area contributed by atoms with Crippen molar-refractivity contribution in [2.24, 2.45) is 0 Å². The first kappa shape index (κ1) is 15.5. The summed E-state index contributed by atoms with van der Waals surface area (Å²) in [4.78, 5) is 6.53. The molecule has 1 heterocycles. The van der Waals surface area contributed by atoms with Crippen molar-refractivity contribution in [2.75, 3.05) is 32.1 Å². The summed E-state index contributed by atoms with van der Waals surface area (Å²) in [5.74, 6) is 1.24. The van der Waals surface area contributed by atoms with E-state index in [9.17, 15) is 0 Å². The monoisotopic (exact) mass is 267 g/mol. The number of hydrogen-bond acceptors (Lipinski definition) is 4. The zero-order valence-electron chi connectivity index (χ0n) is 11.7. The molecule has 1 N–H and O–H groups in total. The SMILES string of the molecule is CSCCC(C)N(C)CCNCc1cccnc1. The zero-order valence-corrected chi connectivity index (χ0v) is 12.5. The maximum Gasteiger partial charge on any atom is 0.0312 e. The van der Waals surface area contributed by atoms with Crippen molar-refractivity contribution in [3.63, 3.8) is 0 Å². The van der Waals surface area contributed by atoms with Crippen molar-refractivity contribution in [3.05, 3.63) is 30.1 Å². The molecule has 0 aliphatic heterocycles. The lowest BCUT2D eigenvalue weighted by molar-refractivity contribution is 0.253. The number of nitrogens with one attached hydrogen (secondary N) is 1. The van der Waals surface area contributed by atoms with Gasteiger partial charge >= 0.3 is 0 Å². The molecule has 0 saturated heterocycles. The Morgan fingerprint density at radius 3 is 3.00 bits per heavy atom. The normalized spacial score (nSPS) is 12.9. The predicted molar refractivity (Wildman–Crippen MR) is 81.0 cm³/mol. The van der Waals surface area contributed by atoms with E-state index in [1.807, 2.05) is 30.2 Å². The fourth-order valence-electron chi connectivity index (χ4n) is 1.72. The molecule has 3 nitrogen and oxygen atoms in total. The lowest BCUT2D eigenvalue weighted by Gasteiger charge is -2.24. The van der Waals surface area contributed by atoms with E-state index in [4.69, 9.17) is 0 Å². The van der Waals surface area contributed by atoms with Crippen LogP contribution >= 0.6 is 11.8 Å². The maximum atomic E-state index is 4.11. The van der Waals surface area contributed by atoms with Crippen LogP contribution in [0.4, 0.5) is 0 Å². The summed E-state index contributed by atoms with van der Waals surface area (Å²) in [7, 11) is 2.21. The van der Waals surface area contributed by atoms with Crippen molar-refractivity contribution < 1.29 is 0 Å². The summed E-state index contributed by atoms with van der Waals surface area (Å²) in [6.45, 7) is 5.32. The minimum Gasteiger partial charge on any atom is -0.311 e. The molecule has 0 spiro atoms. The van der Waals surface area contributed by atoms with Crippen LogP contribution in [0.1, 0.15) is 18.9 Å². The van der Waals surface area contributed by atoms with E-state index in [0.29, 0.717) is 6.04 Å². The Balaban J connectivity index is 2.10. The number of aromatic nitrogens is 1. The molecule has 1 unspecified atom stereocenters. The largest absolute Gasteiger partial charge is 0.311 e. The Morgan fingerprint density at radius 2 is 2.33 bits per heavy atom. The van der Waals surface area contributed by atoms with Crippen LogP contribution in [0.3, 0.4) is 0 Å². The molecule has 4 heteroatoms. The van der Waals surface area contributed by atoms with E-state index >= 15 is 0 Å². The van der Waals surface area contributed by atoms with Crippen LogP contribution < -0.4 is 5.32 Å². The fourth-order valence-corrected chi connectivity index (χ4v) is 2.30. The molecule has 0 radical (unpaired) electrons. The molecule has 1 atom stereocenters. The Hall–Kier alpha value is -0.580. The highest BCUT2D eigenvalue weighted by molar-refractivity contribution is 7.98. The van der Waals surface area contributed by atoms with Gasteiger partial charge in [-0.05, 0) is 44.0 Å². The molecule has 1 aromatic heterocycles. The number of nitrogens with zero attached hydrogens (tertiary/aromatic N) is 2. The minimum absolute atomic E-state index is 0.664. The molecule has 1 rings (SSSR count). The van der Waals surface area contributed by atoms with Gasteiger partial charge in [0.1, 0.15) is 0 Å². The molecular weight excluding hydrogens is 242 g/mol. The third-order valence-corrected chi connectivity index (χ3v) is 3.83. The van der Waals surface area contributed by atoms with Gasteiger partial charge in [-0.3, -0.25) is 4.98 Å². The first-order valence-corrected chi connectivity index (χ1v) is 7.92. The Morgan fingerprint density at radius 1 is 1.50 bits per heavy atom. The van der Waals surface area contributed by atoms with Gasteiger partial charge in [-0.1, -0.05) is 6.07 Å². The molecule has 1 aromatic rings. The second-order valence-corrected chi connectivity index (χ2v) is 5.63. The first-order valence-electron chi connectivity index (χ1n) is 6.53. The fraction of sp³-hybridized carbons (Fsp3) is 0.643. The number of likely N-dealkylation sites (N-methyl/N-ethyl adjacent to an activating group) is 1. The van der Waals surface area contributed by atoms with E-state index in [0.717, 1.165) is 19.6 Å². The van der Waals surface area contributed by atoms with E-state index in [1.54, 1.807) is 0 Å². The average molecular weight is 267 g/mol. The standard InChI is InChI=1S/C14H25N3S/c1-13(6-10-18-3)17(2)9-8-16-12-14-5-4-7-15-11-14/h4-5,7,11,13,16H,6,8-10,12H2,1-3H3. The van der Waals surface area contributed by atoms with Gasteiger partial charge in [-0.2, -0.15) is 11.8 Å². The van der Waals surface area contributed by atoms with Gasteiger partial charge in [-0.15, -0.1) is 0 Å². The lowest BCUT2D eigenvalue weighted by atomic mass is 10.2. The molecule has 0 amide bonds. The third kappa shape index (κ3) is 6.38. The summed E-state index contributed by atoms with van der Waals surface area (Å²) in [6, 6.07) is 4.75. The molecule has 0 aliphatic carbocycles. The maximum absolute atomic E-state index is 4.11. The Bertz CT molecular complexity index is 305. The van der Waals surface area contributed by atoms with Crippen molar-refractivity contribution in [2.45, 2.75) is 25.9 Å². The highest BCUT2D eigenvalue weighted by atomic mass is 32.2. The number of hydrogen-bond donors (Lipinski definition) is 1. The van der Waals surface area contributed by atoms with Crippen molar-refractivity contribution >= 4 is 11.8 Å². The second-order valence-electron chi connectivity index (χ2n) is 4.65. The highest BCUT2D eigenvalue weighted by Gasteiger charge is 2.07. The molecule has 0 fully saturated rings. The van der Waals surface area contributed by atoms with E-state index in [2.05, 4.69) is 41.5 Å². The molecule has 0 aliphatic rings. The van der Waals surface area contributed by atoms with Crippen LogP contribution in [-0.4, -0.2) is 48.1 Å². The van der Waals surface area contributed by atoms with Crippen LogP contribution in [0.15, 0.2) is 24.5 Å². The Labute approximate surface area is 115 Å². The van der Waals surface area contributed by atoms with Gasteiger partial charge in [0.25, 0.3) is 0 Å². The summed E-state index contributed by atoms with van der Waals surface area (Å²) in [5, 5.41) is 3.46. The lowest BCUT2D eigenvalue weighted by Crippen LogP contribution is -2.35. The van der Waals surface area contributed by atoms with Gasteiger partial charge in [0.15, 0.2) is 0 Å². The Kier molecular flexibility index (Phi) is 8.05. The number of pyridine rings is 1. The molecular formula is C14H25N3S. The smallest absolute Gasteiger partial charge is 0.0312 e. The van der Waals surface area contributed by atoms with Crippen LogP contribution in [0.25, 0.3) is 0 Å². The van der Waals surface area contributed by atoms with Gasteiger partial charge in [0.05, 0.1) is 0 Å². The number of rotatable bonds is 9. The summed E-state index contributed by atoms with van der Waals surface area (Å²) < 4.78 is 0. The van der Waals surface area contributed by atoms with Gasteiger partial charge in [-0.25, -0.2) is 0 Å². The highest BCUT2D eigenvalue weighted by Crippen LogP contribution is 2.05. The molecule has 18 heavy (non-hydrogen) atoms. The summed E-state index contributed by atoms with van der Waals surface area (Å²) >= 11 is 1.92. The van der Waals surface area contributed by atoms with Gasteiger partial charge < -0.3 is 10.2 Å². The molecule has 102 valence electrons. The van der Waals surface area contributed by atoms with E-state index in [-0.39, 0.29) is 0 Å². The van der Waals surface area contributed by atoms with Crippen LogP contribution in [0.2, 0.25) is 0 Å². The zero-order chi connectivity index (χ0) is 13.2. The van der Waals surface area contributed by atoms with Crippen LogP contribution in [0.5, 0.6) is 0 Å².